The molecule has 2 amide bonds. The van der Waals surface area contributed by atoms with Gasteiger partial charge in [0.1, 0.15) is 0 Å². The number of rotatable bonds is 5. The van der Waals surface area contributed by atoms with Gasteiger partial charge in [-0.1, -0.05) is 6.07 Å². The van der Waals surface area contributed by atoms with Crippen molar-refractivity contribution < 1.29 is 4.79 Å². The number of benzene rings is 1. The lowest BCUT2D eigenvalue weighted by atomic mass is 10.00. The smallest absolute Gasteiger partial charge is 0.321 e. The summed E-state index contributed by atoms with van der Waals surface area (Å²) in [5.74, 6) is 0. The van der Waals surface area contributed by atoms with E-state index in [9.17, 15) is 4.79 Å². The highest BCUT2D eigenvalue weighted by Crippen LogP contribution is 2.23. The Morgan fingerprint density at radius 1 is 1.38 bits per heavy atom. The van der Waals surface area contributed by atoms with E-state index in [1.165, 1.54) is 6.42 Å². The Kier molecular flexibility index (Phi) is 5.80. The Morgan fingerprint density at radius 2 is 2.29 bits per heavy atom. The number of hydrogen-bond donors (Lipinski definition) is 1. The second-order valence-corrected chi connectivity index (χ2v) is 6.94. The van der Waals surface area contributed by atoms with Crippen LogP contribution in [0.15, 0.2) is 47.6 Å². The molecule has 1 fully saturated rings. The third-order valence-electron chi connectivity index (χ3n) is 4.46. The van der Waals surface area contributed by atoms with Crippen LogP contribution >= 0.6 is 11.8 Å². The van der Waals surface area contributed by atoms with Crippen LogP contribution in [0, 0.1) is 0 Å². The maximum Gasteiger partial charge on any atom is 0.322 e. The van der Waals surface area contributed by atoms with Crippen LogP contribution in [0.25, 0.3) is 0 Å². The van der Waals surface area contributed by atoms with E-state index >= 15 is 0 Å². The molecule has 1 aliphatic rings. The number of carbonyl (C=O) groups excluding carboxylic acids is 1. The van der Waals surface area contributed by atoms with Gasteiger partial charge in [0.05, 0.1) is 0 Å². The Labute approximate surface area is 147 Å². The van der Waals surface area contributed by atoms with Gasteiger partial charge in [-0.15, -0.1) is 11.8 Å². The summed E-state index contributed by atoms with van der Waals surface area (Å²) in [5, 5.41) is 7.31. The van der Waals surface area contributed by atoms with Gasteiger partial charge in [0.2, 0.25) is 0 Å². The van der Waals surface area contributed by atoms with Gasteiger partial charge in [0.15, 0.2) is 0 Å². The molecule has 2 heterocycles. The molecule has 0 saturated carbocycles. The van der Waals surface area contributed by atoms with Gasteiger partial charge in [-0.3, -0.25) is 4.68 Å². The van der Waals surface area contributed by atoms with Crippen molar-refractivity contribution in [2.45, 2.75) is 43.2 Å². The maximum atomic E-state index is 12.7. The van der Waals surface area contributed by atoms with Crippen molar-refractivity contribution in [1.29, 1.82) is 0 Å². The van der Waals surface area contributed by atoms with Gasteiger partial charge in [-0.2, -0.15) is 5.10 Å². The Balaban J connectivity index is 1.62. The number of thioether (sulfide) groups is 1. The average molecular weight is 344 g/mol. The molecule has 5 nitrogen and oxygen atoms in total. The molecule has 128 valence electrons. The van der Waals surface area contributed by atoms with Crippen LogP contribution in [0.5, 0.6) is 0 Å². The summed E-state index contributed by atoms with van der Waals surface area (Å²) in [6.07, 6.45) is 10.1. The summed E-state index contributed by atoms with van der Waals surface area (Å²) in [7, 11) is 0. The predicted molar refractivity (Wildman–Crippen MR) is 98.4 cm³/mol. The van der Waals surface area contributed by atoms with Crippen molar-refractivity contribution in [2.75, 3.05) is 18.1 Å². The van der Waals surface area contributed by atoms with Crippen molar-refractivity contribution in [3.63, 3.8) is 0 Å². The van der Waals surface area contributed by atoms with Gasteiger partial charge in [-0.05, 0) is 56.2 Å². The first kappa shape index (κ1) is 16.9. The minimum Gasteiger partial charge on any atom is -0.321 e. The lowest BCUT2D eigenvalue weighted by Gasteiger charge is -2.35. The number of likely N-dealkylation sites (tertiary alicyclic amines) is 1. The minimum atomic E-state index is 0.0124. The van der Waals surface area contributed by atoms with E-state index < -0.39 is 0 Å². The van der Waals surface area contributed by atoms with Crippen molar-refractivity contribution in [3.05, 3.63) is 42.7 Å². The zero-order valence-electron chi connectivity index (χ0n) is 14.0. The minimum absolute atomic E-state index is 0.0124. The second-order valence-electron chi connectivity index (χ2n) is 6.06. The van der Waals surface area contributed by atoms with Crippen LogP contribution in [0.1, 0.15) is 25.7 Å². The van der Waals surface area contributed by atoms with E-state index in [1.807, 2.05) is 52.4 Å². The zero-order valence-corrected chi connectivity index (χ0v) is 14.8. The first-order valence-corrected chi connectivity index (χ1v) is 9.68. The number of nitrogens with one attached hydrogen (secondary N) is 1. The van der Waals surface area contributed by atoms with Gasteiger partial charge >= 0.3 is 6.03 Å². The van der Waals surface area contributed by atoms with E-state index in [0.29, 0.717) is 0 Å². The summed E-state index contributed by atoms with van der Waals surface area (Å²) >= 11 is 1.68. The van der Waals surface area contributed by atoms with Crippen molar-refractivity contribution in [3.8, 4) is 0 Å². The molecule has 1 aromatic heterocycles. The number of piperidine rings is 1. The van der Waals surface area contributed by atoms with Crippen LogP contribution < -0.4 is 5.32 Å². The maximum absolute atomic E-state index is 12.7. The third kappa shape index (κ3) is 4.32. The first-order chi connectivity index (χ1) is 11.8. The van der Waals surface area contributed by atoms with E-state index in [4.69, 9.17) is 0 Å². The molecule has 2 aromatic rings. The number of anilines is 1. The van der Waals surface area contributed by atoms with Crippen molar-refractivity contribution >= 4 is 23.5 Å². The third-order valence-corrected chi connectivity index (χ3v) is 5.18. The molecule has 0 radical (unpaired) electrons. The molecule has 1 aromatic carbocycles. The SMILES string of the molecule is CSc1cccc(NC(=O)N2CCCCC2CCn2cccn2)c1. The number of hydrogen-bond acceptors (Lipinski definition) is 3. The van der Waals surface area contributed by atoms with E-state index in [-0.39, 0.29) is 12.1 Å². The Hall–Kier alpha value is -1.95. The van der Waals surface area contributed by atoms with Crippen LogP contribution in [-0.2, 0) is 6.54 Å². The molecular weight excluding hydrogens is 320 g/mol. The molecule has 1 aliphatic heterocycles. The summed E-state index contributed by atoms with van der Waals surface area (Å²) in [5.41, 5.74) is 0.864. The van der Waals surface area contributed by atoms with Gasteiger partial charge in [0.25, 0.3) is 0 Å². The predicted octanol–water partition coefficient (Wildman–Crippen LogP) is 4.08. The lowest BCUT2D eigenvalue weighted by molar-refractivity contribution is 0.154. The Morgan fingerprint density at radius 3 is 3.08 bits per heavy atom. The normalized spacial score (nSPS) is 17.7. The molecule has 1 saturated heterocycles. The van der Waals surface area contributed by atoms with Crippen LogP contribution in [0.2, 0.25) is 0 Å². The molecule has 1 N–H and O–H groups in total. The number of carbonyl (C=O) groups is 1. The second kappa shape index (κ2) is 8.24. The molecule has 3 rings (SSSR count). The fourth-order valence-corrected chi connectivity index (χ4v) is 3.64. The topological polar surface area (TPSA) is 50.2 Å². The molecule has 1 atom stereocenters. The molecule has 1 unspecified atom stereocenters. The van der Waals surface area contributed by atoms with Crippen LogP contribution in [-0.4, -0.2) is 39.6 Å². The summed E-state index contributed by atoms with van der Waals surface area (Å²) in [6, 6.07) is 10.2. The lowest BCUT2D eigenvalue weighted by Crippen LogP contribution is -2.46. The molecule has 24 heavy (non-hydrogen) atoms. The number of aryl methyl sites for hydroxylation is 1. The molecule has 6 heteroatoms. The van der Waals surface area contributed by atoms with E-state index in [2.05, 4.69) is 10.4 Å². The number of urea groups is 1. The van der Waals surface area contributed by atoms with E-state index in [0.717, 1.165) is 42.9 Å². The highest BCUT2D eigenvalue weighted by molar-refractivity contribution is 7.98. The monoisotopic (exact) mass is 344 g/mol. The van der Waals surface area contributed by atoms with Gasteiger partial charge in [-0.25, -0.2) is 4.79 Å². The fraction of sp³-hybridized carbons (Fsp3) is 0.444. The average Bonchev–Trinajstić information content (AvgIpc) is 3.14. The quantitative estimate of drug-likeness (QED) is 0.832. The van der Waals surface area contributed by atoms with Gasteiger partial charge in [0, 0.05) is 42.1 Å². The summed E-state index contributed by atoms with van der Waals surface area (Å²) in [4.78, 5) is 15.9. The number of aromatic nitrogens is 2. The first-order valence-electron chi connectivity index (χ1n) is 8.45. The largest absolute Gasteiger partial charge is 0.322 e. The zero-order chi connectivity index (χ0) is 16.8. The number of nitrogens with zero attached hydrogens (tertiary/aromatic N) is 3. The highest BCUT2D eigenvalue weighted by Gasteiger charge is 2.26. The summed E-state index contributed by atoms with van der Waals surface area (Å²) < 4.78 is 1.94. The molecule has 0 spiro atoms. The van der Waals surface area contributed by atoms with Crippen LogP contribution in [0.4, 0.5) is 10.5 Å². The molecule has 0 aliphatic carbocycles. The standard InChI is InChI=1S/C18H24N4OS/c1-24-17-8-4-6-15(14-17)20-18(23)22-12-3-2-7-16(22)9-13-21-11-5-10-19-21/h4-6,8,10-11,14,16H,2-3,7,9,12-13H2,1H3,(H,20,23). The number of amides is 2. The van der Waals surface area contributed by atoms with Gasteiger partial charge < -0.3 is 10.2 Å². The van der Waals surface area contributed by atoms with E-state index in [1.54, 1.807) is 18.0 Å². The molecular formula is C18H24N4OS. The van der Waals surface area contributed by atoms with Crippen molar-refractivity contribution in [2.24, 2.45) is 0 Å². The van der Waals surface area contributed by atoms with Crippen molar-refractivity contribution in [1.82, 2.24) is 14.7 Å². The molecule has 0 bridgehead atoms. The Bertz CT molecular complexity index is 659. The fourth-order valence-electron chi connectivity index (χ4n) is 3.18. The van der Waals surface area contributed by atoms with Crippen LogP contribution in [0.3, 0.4) is 0 Å². The summed E-state index contributed by atoms with van der Waals surface area (Å²) in [6.45, 7) is 1.68. The highest BCUT2D eigenvalue weighted by atomic mass is 32.2.